The largest absolute Gasteiger partial charge is 0.382 e. The normalized spacial score (nSPS) is 26.3. The van der Waals surface area contributed by atoms with E-state index in [-0.39, 0.29) is 0 Å². The van der Waals surface area contributed by atoms with Gasteiger partial charge in [-0.3, -0.25) is 0 Å². The van der Waals surface area contributed by atoms with Crippen molar-refractivity contribution >= 4 is 17.0 Å². The van der Waals surface area contributed by atoms with Crippen LogP contribution >= 0.6 is 11.3 Å². The van der Waals surface area contributed by atoms with E-state index in [4.69, 9.17) is 0 Å². The first-order valence-electron chi connectivity index (χ1n) is 6.67. The van der Waals surface area contributed by atoms with Crippen LogP contribution in [0.5, 0.6) is 0 Å². The van der Waals surface area contributed by atoms with Crippen molar-refractivity contribution in [2.75, 3.05) is 5.32 Å². The number of thiophene rings is 1. The van der Waals surface area contributed by atoms with Gasteiger partial charge in [0.15, 0.2) is 0 Å². The summed E-state index contributed by atoms with van der Waals surface area (Å²) in [4.78, 5) is 0. The van der Waals surface area contributed by atoms with Crippen LogP contribution in [0, 0.1) is 5.92 Å². The minimum absolute atomic E-state index is 0.719. The zero-order valence-corrected chi connectivity index (χ0v) is 11.1. The average molecular weight is 237 g/mol. The van der Waals surface area contributed by atoms with Gasteiger partial charge < -0.3 is 5.32 Å². The maximum absolute atomic E-state index is 3.67. The molecule has 1 aliphatic carbocycles. The summed E-state index contributed by atoms with van der Waals surface area (Å²) in [6.45, 7) is 2.31. The summed E-state index contributed by atoms with van der Waals surface area (Å²) in [5.41, 5.74) is 1.32. The average Bonchev–Trinajstić information content (AvgIpc) is 2.68. The van der Waals surface area contributed by atoms with Gasteiger partial charge >= 0.3 is 0 Å². The minimum Gasteiger partial charge on any atom is -0.382 e. The van der Waals surface area contributed by atoms with E-state index in [1.807, 2.05) is 0 Å². The predicted molar refractivity (Wildman–Crippen MR) is 73.2 cm³/mol. The van der Waals surface area contributed by atoms with Crippen LogP contribution in [0.1, 0.15) is 51.9 Å². The lowest BCUT2D eigenvalue weighted by atomic mass is 9.95. The molecule has 1 N–H and O–H groups in total. The first-order chi connectivity index (χ1) is 7.88. The molecular formula is C14H23NS. The molecule has 0 aliphatic heterocycles. The molecule has 0 radical (unpaired) electrons. The lowest BCUT2D eigenvalue weighted by Gasteiger charge is -2.17. The molecule has 1 heterocycles. The van der Waals surface area contributed by atoms with E-state index in [9.17, 15) is 0 Å². The first kappa shape index (κ1) is 12.0. The molecule has 0 amide bonds. The molecule has 1 aliphatic rings. The number of rotatable bonds is 4. The Bertz CT molecular complexity index is 281. The van der Waals surface area contributed by atoms with Crippen LogP contribution in [-0.2, 0) is 0 Å². The van der Waals surface area contributed by atoms with E-state index in [1.165, 1.54) is 50.6 Å². The van der Waals surface area contributed by atoms with E-state index in [2.05, 4.69) is 29.1 Å². The summed E-state index contributed by atoms with van der Waals surface area (Å²) in [5, 5.41) is 8.04. The Labute approximate surface area is 103 Å². The van der Waals surface area contributed by atoms with Gasteiger partial charge in [0.2, 0.25) is 0 Å². The Morgan fingerprint density at radius 2 is 2.25 bits per heavy atom. The van der Waals surface area contributed by atoms with Crippen molar-refractivity contribution < 1.29 is 0 Å². The fourth-order valence-electron chi connectivity index (χ4n) is 2.80. The highest BCUT2D eigenvalue weighted by Crippen LogP contribution is 2.28. The fraction of sp³-hybridized carbons (Fsp3) is 0.714. The van der Waals surface area contributed by atoms with E-state index < -0.39 is 0 Å². The molecule has 2 unspecified atom stereocenters. The minimum atomic E-state index is 0.719. The highest BCUT2D eigenvalue weighted by molar-refractivity contribution is 7.08. The van der Waals surface area contributed by atoms with Crippen molar-refractivity contribution in [3.63, 3.8) is 0 Å². The molecule has 1 fully saturated rings. The molecular weight excluding hydrogens is 214 g/mol. The van der Waals surface area contributed by atoms with Crippen LogP contribution in [0.15, 0.2) is 16.8 Å². The summed E-state index contributed by atoms with van der Waals surface area (Å²) < 4.78 is 0. The second kappa shape index (κ2) is 6.29. The van der Waals surface area contributed by atoms with Crippen molar-refractivity contribution in [3.05, 3.63) is 16.8 Å². The van der Waals surface area contributed by atoms with Gasteiger partial charge in [0.1, 0.15) is 0 Å². The van der Waals surface area contributed by atoms with Crippen molar-refractivity contribution in [1.82, 2.24) is 0 Å². The van der Waals surface area contributed by atoms with Crippen LogP contribution in [0.2, 0.25) is 0 Å². The van der Waals surface area contributed by atoms with E-state index in [1.54, 1.807) is 11.3 Å². The first-order valence-corrected chi connectivity index (χ1v) is 7.61. The standard InChI is InChI=1S/C14H23NS/c1-2-4-12-5-3-6-13(8-7-12)15-14-9-10-16-11-14/h9-13,15H,2-8H2,1H3. The number of hydrogen-bond donors (Lipinski definition) is 1. The molecule has 0 aromatic carbocycles. The third-order valence-electron chi connectivity index (χ3n) is 3.68. The van der Waals surface area contributed by atoms with E-state index in [0.29, 0.717) is 0 Å². The van der Waals surface area contributed by atoms with E-state index in [0.717, 1.165) is 12.0 Å². The molecule has 0 bridgehead atoms. The quantitative estimate of drug-likeness (QED) is 0.734. The highest BCUT2D eigenvalue weighted by Gasteiger charge is 2.18. The SMILES string of the molecule is CCCC1CCCC(Nc2ccsc2)CC1. The second-order valence-electron chi connectivity index (χ2n) is 5.02. The van der Waals surface area contributed by atoms with Gasteiger partial charge in [0, 0.05) is 17.1 Å². The Morgan fingerprint density at radius 1 is 1.31 bits per heavy atom. The van der Waals surface area contributed by atoms with Gasteiger partial charge in [-0.2, -0.15) is 11.3 Å². The van der Waals surface area contributed by atoms with Gasteiger partial charge in [-0.1, -0.05) is 32.6 Å². The lowest BCUT2D eigenvalue weighted by Crippen LogP contribution is -2.17. The van der Waals surface area contributed by atoms with Gasteiger partial charge in [-0.15, -0.1) is 0 Å². The molecule has 2 heteroatoms. The van der Waals surface area contributed by atoms with Crippen molar-refractivity contribution in [1.29, 1.82) is 0 Å². The van der Waals surface area contributed by atoms with Crippen LogP contribution in [-0.4, -0.2) is 6.04 Å². The molecule has 2 atom stereocenters. The highest BCUT2D eigenvalue weighted by atomic mass is 32.1. The maximum atomic E-state index is 3.67. The molecule has 1 nitrogen and oxygen atoms in total. The summed E-state index contributed by atoms with van der Waals surface area (Å²) in [6.07, 6.45) is 9.80. The molecule has 16 heavy (non-hydrogen) atoms. The van der Waals surface area contributed by atoms with E-state index >= 15 is 0 Å². The smallest absolute Gasteiger partial charge is 0.0450 e. The molecule has 1 saturated carbocycles. The van der Waals surface area contributed by atoms with Crippen LogP contribution < -0.4 is 5.32 Å². The van der Waals surface area contributed by atoms with Gasteiger partial charge in [0.05, 0.1) is 0 Å². The Balaban J connectivity index is 1.80. The van der Waals surface area contributed by atoms with Crippen LogP contribution in [0.4, 0.5) is 5.69 Å². The molecule has 90 valence electrons. The monoisotopic (exact) mass is 237 g/mol. The predicted octanol–water partition coefficient (Wildman–Crippen LogP) is 4.91. The molecule has 1 aromatic heterocycles. The third kappa shape index (κ3) is 3.51. The van der Waals surface area contributed by atoms with Crippen LogP contribution in [0.25, 0.3) is 0 Å². The third-order valence-corrected chi connectivity index (χ3v) is 4.36. The molecule has 2 rings (SSSR count). The van der Waals surface area contributed by atoms with Gasteiger partial charge in [0.25, 0.3) is 0 Å². The molecule has 0 spiro atoms. The van der Waals surface area contributed by atoms with Crippen LogP contribution in [0.3, 0.4) is 0 Å². The van der Waals surface area contributed by atoms with Crippen molar-refractivity contribution in [2.45, 2.75) is 57.9 Å². The number of anilines is 1. The lowest BCUT2D eigenvalue weighted by molar-refractivity contribution is 0.422. The zero-order valence-electron chi connectivity index (χ0n) is 10.2. The van der Waals surface area contributed by atoms with Crippen molar-refractivity contribution in [3.8, 4) is 0 Å². The topological polar surface area (TPSA) is 12.0 Å². The maximum Gasteiger partial charge on any atom is 0.0450 e. The van der Waals surface area contributed by atoms with Gasteiger partial charge in [-0.05, 0) is 36.6 Å². The molecule has 1 aromatic rings. The Morgan fingerprint density at radius 3 is 3.00 bits per heavy atom. The fourth-order valence-corrected chi connectivity index (χ4v) is 3.40. The second-order valence-corrected chi connectivity index (χ2v) is 5.80. The summed E-state index contributed by atoms with van der Waals surface area (Å²) in [6, 6.07) is 2.91. The Hall–Kier alpha value is -0.500. The molecule has 0 saturated heterocycles. The number of hydrogen-bond acceptors (Lipinski definition) is 2. The number of nitrogens with one attached hydrogen (secondary N) is 1. The summed E-state index contributed by atoms with van der Waals surface area (Å²) in [5.74, 6) is 0.999. The Kier molecular flexibility index (Phi) is 4.70. The zero-order chi connectivity index (χ0) is 11.2. The van der Waals surface area contributed by atoms with Crippen molar-refractivity contribution in [2.24, 2.45) is 5.92 Å². The summed E-state index contributed by atoms with van der Waals surface area (Å²) in [7, 11) is 0. The van der Waals surface area contributed by atoms with Gasteiger partial charge in [-0.25, -0.2) is 0 Å². The summed E-state index contributed by atoms with van der Waals surface area (Å²) >= 11 is 1.78.